The van der Waals surface area contributed by atoms with E-state index in [1.54, 1.807) is 6.07 Å². The molecule has 1 aromatic rings. The summed E-state index contributed by atoms with van der Waals surface area (Å²) < 4.78 is 18.6. The highest BCUT2D eigenvalue weighted by atomic mass is 19.1. The first kappa shape index (κ1) is 16.6. The number of hydrogen-bond acceptors (Lipinski definition) is 4. The summed E-state index contributed by atoms with van der Waals surface area (Å²) in [6.45, 7) is 1.90. The highest BCUT2D eigenvalue weighted by molar-refractivity contribution is 5.95. The zero-order chi connectivity index (χ0) is 15.7. The Kier molecular flexibility index (Phi) is 6.88. The van der Waals surface area contributed by atoms with Gasteiger partial charge in [0.1, 0.15) is 12.4 Å². The predicted molar refractivity (Wildman–Crippen MR) is 74.9 cm³/mol. The van der Waals surface area contributed by atoms with E-state index in [9.17, 15) is 14.0 Å². The number of carbonyl (C=O) groups is 2. The lowest BCUT2D eigenvalue weighted by atomic mass is 10.2. The van der Waals surface area contributed by atoms with Crippen LogP contribution < -0.4 is 4.90 Å². The van der Waals surface area contributed by atoms with Crippen LogP contribution in [0.3, 0.4) is 0 Å². The maximum Gasteiger partial charge on any atom is 0.306 e. The quantitative estimate of drug-likeness (QED) is 0.571. The molecule has 0 N–H and O–H groups in total. The van der Waals surface area contributed by atoms with Gasteiger partial charge in [0.15, 0.2) is 0 Å². The topological polar surface area (TPSA) is 70.4 Å². The molecule has 1 aromatic carbocycles. The van der Waals surface area contributed by atoms with Crippen molar-refractivity contribution >= 4 is 17.6 Å². The minimum Gasteiger partial charge on any atom is -0.466 e. The molecule has 0 unspecified atom stereocenters. The maximum atomic E-state index is 13.7. The number of para-hydroxylation sites is 1. The number of benzene rings is 1. The molecule has 0 fully saturated rings. The van der Waals surface area contributed by atoms with E-state index in [0.717, 1.165) is 4.90 Å². The molecular weight excluding hydrogens is 275 g/mol. The molecule has 21 heavy (non-hydrogen) atoms. The van der Waals surface area contributed by atoms with Crippen LogP contribution in [-0.4, -0.2) is 25.0 Å². The second kappa shape index (κ2) is 8.69. The van der Waals surface area contributed by atoms with E-state index in [1.165, 1.54) is 18.2 Å². The second-order valence-electron chi connectivity index (χ2n) is 4.31. The predicted octanol–water partition coefficient (Wildman–Crippen LogP) is 2.42. The van der Waals surface area contributed by atoms with Crippen molar-refractivity contribution in [2.75, 3.05) is 18.1 Å². The van der Waals surface area contributed by atoms with Gasteiger partial charge in [0.25, 0.3) is 0 Å². The van der Waals surface area contributed by atoms with Crippen LogP contribution in [0.15, 0.2) is 24.3 Å². The first-order valence-corrected chi connectivity index (χ1v) is 6.67. The monoisotopic (exact) mass is 292 g/mol. The Balaban J connectivity index is 2.69. The fourth-order valence-corrected chi connectivity index (χ4v) is 1.68. The molecule has 0 bridgehead atoms. The zero-order valence-corrected chi connectivity index (χ0v) is 11.8. The van der Waals surface area contributed by atoms with Gasteiger partial charge in [-0.2, -0.15) is 5.26 Å². The van der Waals surface area contributed by atoms with E-state index in [4.69, 9.17) is 10.00 Å². The number of nitrogens with zero attached hydrogens (tertiary/aromatic N) is 2. The number of hydrogen-bond donors (Lipinski definition) is 0. The van der Waals surface area contributed by atoms with Gasteiger partial charge in [0.05, 0.1) is 24.8 Å². The van der Waals surface area contributed by atoms with E-state index >= 15 is 0 Å². The van der Waals surface area contributed by atoms with Crippen LogP contribution in [0.2, 0.25) is 0 Å². The van der Waals surface area contributed by atoms with Crippen LogP contribution in [0.4, 0.5) is 10.1 Å². The van der Waals surface area contributed by atoms with Gasteiger partial charge in [0.2, 0.25) is 5.91 Å². The Morgan fingerprint density at radius 2 is 2.05 bits per heavy atom. The number of rotatable bonds is 7. The van der Waals surface area contributed by atoms with Gasteiger partial charge in [-0.25, -0.2) is 4.39 Å². The molecule has 0 saturated carbocycles. The van der Waals surface area contributed by atoms with Crippen LogP contribution in [-0.2, 0) is 14.3 Å². The van der Waals surface area contributed by atoms with Crippen molar-refractivity contribution in [2.45, 2.75) is 26.2 Å². The third-order valence-electron chi connectivity index (χ3n) is 2.68. The maximum absolute atomic E-state index is 13.7. The first-order valence-electron chi connectivity index (χ1n) is 6.67. The lowest BCUT2D eigenvalue weighted by Crippen LogP contribution is -2.32. The third kappa shape index (κ3) is 5.22. The van der Waals surface area contributed by atoms with Gasteiger partial charge in [0, 0.05) is 6.42 Å². The molecule has 0 radical (unpaired) electrons. The van der Waals surface area contributed by atoms with Crippen molar-refractivity contribution in [3.05, 3.63) is 30.1 Å². The summed E-state index contributed by atoms with van der Waals surface area (Å²) >= 11 is 0. The summed E-state index contributed by atoms with van der Waals surface area (Å²) in [5.41, 5.74) is 0.0333. The van der Waals surface area contributed by atoms with Gasteiger partial charge >= 0.3 is 5.97 Å². The normalized spacial score (nSPS) is 9.76. The highest BCUT2D eigenvalue weighted by Gasteiger charge is 2.19. The fraction of sp³-hybridized carbons (Fsp3) is 0.400. The molecule has 0 saturated heterocycles. The molecule has 0 spiro atoms. The summed E-state index contributed by atoms with van der Waals surface area (Å²) in [7, 11) is 0. The van der Waals surface area contributed by atoms with Gasteiger partial charge in [-0.1, -0.05) is 19.1 Å². The molecule has 0 heterocycles. The number of anilines is 1. The average Bonchev–Trinajstić information content (AvgIpc) is 2.49. The van der Waals surface area contributed by atoms with Crippen LogP contribution in [0.1, 0.15) is 26.2 Å². The Bertz CT molecular complexity index is 540. The number of halogens is 1. The molecular formula is C15H17FN2O3. The van der Waals surface area contributed by atoms with E-state index < -0.39 is 17.7 Å². The van der Waals surface area contributed by atoms with E-state index in [2.05, 4.69) is 0 Å². The molecule has 5 nitrogen and oxygen atoms in total. The van der Waals surface area contributed by atoms with E-state index in [-0.39, 0.29) is 25.1 Å². The summed E-state index contributed by atoms with van der Waals surface area (Å²) in [5.74, 6) is -1.56. The van der Waals surface area contributed by atoms with Gasteiger partial charge in [-0.15, -0.1) is 0 Å². The SMILES string of the molecule is CCCOC(=O)CCC(=O)N(CC#N)c1ccccc1F. The summed E-state index contributed by atoms with van der Waals surface area (Å²) in [4.78, 5) is 24.5. The number of nitriles is 1. The summed E-state index contributed by atoms with van der Waals surface area (Å²) in [5, 5.41) is 8.77. The fourth-order valence-electron chi connectivity index (χ4n) is 1.68. The van der Waals surface area contributed by atoms with Gasteiger partial charge in [-0.05, 0) is 18.6 Å². The van der Waals surface area contributed by atoms with E-state index in [1.807, 2.05) is 13.0 Å². The molecule has 6 heteroatoms. The van der Waals surface area contributed by atoms with Crippen molar-refractivity contribution in [3.8, 4) is 6.07 Å². The van der Waals surface area contributed by atoms with Crippen LogP contribution >= 0.6 is 0 Å². The highest BCUT2D eigenvalue weighted by Crippen LogP contribution is 2.19. The smallest absolute Gasteiger partial charge is 0.306 e. The number of amides is 1. The summed E-state index contributed by atoms with van der Waals surface area (Å²) in [6, 6.07) is 7.52. The molecule has 1 rings (SSSR count). The number of esters is 1. The van der Waals surface area contributed by atoms with Crippen LogP contribution in [0, 0.1) is 17.1 Å². The van der Waals surface area contributed by atoms with Crippen molar-refractivity contribution in [2.24, 2.45) is 0 Å². The average molecular weight is 292 g/mol. The first-order chi connectivity index (χ1) is 10.1. The number of ether oxygens (including phenoxy) is 1. The minimum absolute atomic E-state index is 0.0333. The van der Waals surface area contributed by atoms with Crippen molar-refractivity contribution in [1.82, 2.24) is 0 Å². The molecule has 112 valence electrons. The van der Waals surface area contributed by atoms with Crippen LogP contribution in [0.5, 0.6) is 0 Å². The Labute approximate surface area is 122 Å². The molecule has 0 aliphatic rings. The Hall–Kier alpha value is -2.42. The minimum atomic E-state index is -0.588. The Morgan fingerprint density at radius 3 is 2.67 bits per heavy atom. The molecule has 1 amide bonds. The zero-order valence-electron chi connectivity index (χ0n) is 11.8. The molecule has 0 aliphatic carbocycles. The lowest BCUT2D eigenvalue weighted by Gasteiger charge is -2.20. The third-order valence-corrected chi connectivity index (χ3v) is 2.68. The number of carbonyl (C=O) groups excluding carboxylic acids is 2. The van der Waals surface area contributed by atoms with E-state index in [0.29, 0.717) is 13.0 Å². The van der Waals surface area contributed by atoms with Crippen molar-refractivity contribution in [1.29, 1.82) is 5.26 Å². The molecule has 0 atom stereocenters. The lowest BCUT2D eigenvalue weighted by molar-refractivity contribution is -0.144. The van der Waals surface area contributed by atoms with Gasteiger partial charge in [-0.3, -0.25) is 14.5 Å². The molecule has 0 aromatic heterocycles. The summed E-state index contributed by atoms with van der Waals surface area (Å²) in [6.07, 6.45) is 0.489. The van der Waals surface area contributed by atoms with Crippen molar-refractivity contribution in [3.63, 3.8) is 0 Å². The van der Waals surface area contributed by atoms with Gasteiger partial charge < -0.3 is 4.74 Å². The standard InChI is InChI=1S/C15H17FN2O3/c1-2-11-21-15(20)8-7-14(19)18(10-9-17)13-6-4-3-5-12(13)16/h3-6H,2,7-8,10-11H2,1H3. The second-order valence-corrected chi connectivity index (χ2v) is 4.31. The van der Waals surface area contributed by atoms with Crippen LogP contribution in [0.25, 0.3) is 0 Å². The molecule has 0 aliphatic heterocycles. The van der Waals surface area contributed by atoms with Crippen molar-refractivity contribution < 1.29 is 18.7 Å². The Morgan fingerprint density at radius 1 is 1.33 bits per heavy atom. The largest absolute Gasteiger partial charge is 0.466 e.